The van der Waals surface area contributed by atoms with Crippen LogP contribution in [0.3, 0.4) is 0 Å². The normalized spacial score (nSPS) is 13.3. The molecule has 0 amide bonds. The Balaban J connectivity index is 3.04. The van der Waals surface area contributed by atoms with Crippen LogP contribution in [0.15, 0.2) is 18.2 Å². The van der Waals surface area contributed by atoms with E-state index in [2.05, 4.69) is 0 Å². The highest BCUT2D eigenvalue weighted by Gasteiger charge is 2.20. The van der Waals surface area contributed by atoms with Crippen LogP contribution in [0.2, 0.25) is 10.0 Å². The van der Waals surface area contributed by atoms with Crippen LogP contribution in [0, 0.1) is 0 Å². The highest BCUT2D eigenvalue weighted by Crippen LogP contribution is 2.30. The van der Waals surface area contributed by atoms with E-state index in [1.54, 1.807) is 6.92 Å². The lowest BCUT2D eigenvalue weighted by Gasteiger charge is -2.14. The molecule has 78 valence electrons. The molecule has 0 spiro atoms. The molecule has 0 nitrogen and oxygen atoms in total. The van der Waals surface area contributed by atoms with Crippen molar-refractivity contribution >= 4 is 23.2 Å². The zero-order chi connectivity index (χ0) is 10.7. The van der Waals surface area contributed by atoms with Crippen molar-refractivity contribution < 1.29 is 8.78 Å². The number of benzene rings is 1. The lowest BCUT2D eigenvalue weighted by atomic mass is 9.97. The molecular formula is C10H10Cl2F2. The zero-order valence-electron chi connectivity index (χ0n) is 7.61. The maximum Gasteiger partial charge on any atom is 0.245 e. The molecule has 4 heteroatoms. The first-order valence-corrected chi connectivity index (χ1v) is 5.04. The molecule has 14 heavy (non-hydrogen) atoms. The second kappa shape index (κ2) is 4.94. The molecule has 0 radical (unpaired) electrons. The van der Waals surface area contributed by atoms with Gasteiger partial charge >= 0.3 is 0 Å². The van der Waals surface area contributed by atoms with E-state index in [9.17, 15) is 8.78 Å². The van der Waals surface area contributed by atoms with Gasteiger partial charge in [0.1, 0.15) is 0 Å². The lowest BCUT2D eigenvalue weighted by molar-refractivity contribution is 0.112. The molecule has 0 unspecified atom stereocenters. The van der Waals surface area contributed by atoms with Gasteiger partial charge in [0.15, 0.2) is 0 Å². The molecule has 0 aliphatic rings. The summed E-state index contributed by atoms with van der Waals surface area (Å²) >= 11 is 11.5. The fourth-order valence-corrected chi connectivity index (χ4v) is 1.89. The van der Waals surface area contributed by atoms with Gasteiger partial charge in [-0.25, -0.2) is 8.78 Å². The number of rotatable bonds is 3. The van der Waals surface area contributed by atoms with Crippen molar-refractivity contribution in [3.05, 3.63) is 33.8 Å². The van der Waals surface area contributed by atoms with Crippen molar-refractivity contribution in [2.24, 2.45) is 0 Å². The van der Waals surface area contributed by atoms with Crippen molar-refractivity contribution in [1.82, 2.24) is 0 Å². The quantitative estimate of drug-likeness (QED) is 0.713. The Morgan fingerprint density at radius 3 is 2.00 bits per heavy atom. The van der Waals surface area contributed by atoms with Crippen molar-refractivity contribution in [2.75, 3.05) is 0 Å². The van der Waals surface area contributed by atoms with Gasteiger partial charge in [-0.05, 0) is 30.2 Å². The van der Waals surface area contributed by atoms with Gasteiger partial charge in [-0.3, -0.25) is 0 Å². The first kappa shape index (κ1) is 11.7. The molecule has 1 aromatic rings. The highest BCUT2D eigenvalue weighted by molar-refractivity contribution is 6.34. The van der Waals surface area contributed by atoms with Crippen LogP contribution in [-0.2, 0) is 0 Å². The Morgan fingerprint density at radius 1 is 1.14 bits per heavy atom. The van der Waals surface area contributed by atoms with Crippen LogP contribution in [0.1, 0.15) is 24.8 Å². The molecule has 0 bridgehead atoms. The number of alkyl halides is 2. The van der Waals surface area contributed by atoms with Gasteiger partial charge in [0.25, 0.3) is 0 Å². The molecule has 1 atom stereocenters. The summed E-state index contributed by atoms with van der Waals surface area (Å²) in [6.45, 7) is 1.71. The fraction of sp³-hybridized carbons (Fsp3) is 0.400. The molecule has 0 N–H and O–H groups in total. The highest BCUT2D eigenvalue weighted by atomic mass is 35.5. The summed E-state index contributed by atoms with van der Waals surface area (Å²) in [6, 6.07) is 4.60. The number of hydrogen-bond acceptors (Lipinski definition) is 0. The molecule has 1 aromatic carbocycles. The van der Waals surface area contributed by atoms with Crippen molar-refractivity contribution in [1.29, 1.82) is 0 Å². The van der Waals surface area contributed by atoms with Crippen molar-refractivity contribution in [3.63, 3.8) is 0 Å². The average Bonchev–Trinajstić information content (AvgIpc) is 2.02. The second-order valence-electron chi connectivity index (χ2n) is 3.05. The maximum absolute atomic E-state index is 12.6. The maximum atomic E-state index is 12.6. The molecule has 0 saturated heterocycles. The van der Waals surface area contributed by atoms with Gasteiger partial charge < -0.3 is 0 Å². The molecule has 0 aliphatic carbocycles. The first-order valence-electron chi connectivity index (χ1n) is 4.28. The van der Waals surface area contributed by atoms with Crippen LogP contribution >= 0.6 is 23.2 Å². The molecule has 0 heterocycles. The summed E-state index contributed by atoms with van der Waals surface area (Å²) in [6.07, 6.45) is -2.01. The Labute approximate surface area is 91.8 Å². The lowest BCUT2D eigenvalue weighted by Crippen LogP contribution is -2.07. The van der Waals surface area contributed by atoms with Gasteiger partial charge in [-0.2, -0.15) is 0 Å². The predicted molar refractivity (Wildman–Crippen MR) is 55.5 cm³/mol. The number of halogens is 4. The van der Waals surface area contributed by atoms with Crippen LogP contribution in [0.5, 0.6) is 0 Å². The monoisotopic (exact) mass is 238 g/mol. The van der Waals surface area contributed by atoms with Crippen LogP contribution in [-0.4, -0.2) is 6.43 Å². The van der Waals surface area contributed by atoms with Crippen molar-refractivity contribution in [2.45, 2.75) is 25.7 Å². The minimum atomic E-state index is -2.38. The molecular weight excluding hydrogens is 229 g/mol. The molecule has 0 saturated carbocycles. The Bertz CT molecular complexity index is 293. The van der Waals surface area contributed by atoms with Crippen LogP contribution in [0.25, 0.3) is 0 Å². The van der Waals surface area contributed by atoms with Crippen LogP contribution in [0.4, 0.5) is 8.78 Å². The van der Waals surface area contributed by atoms with E-state index in [-0.39, 0.29) is 0 Å². The average molecular weight is 239 g/mol. The third kappa shape index (κ3) is 2.82. The van der Waals surface area contributed by atoms with Gasteiger partial charge in [0.2, 0.25) is 6.43 Å². The largest absolute Gasteiger partial charge is 0.245 e. The summed E-state index contributed by atoms with van der Waals surface area (Å²) in [5.74, 6) is -0.786. The van der Waals surface area contributed by atoms with Gasteiger partial charge in [-0.1, -0.05) is 30.1 Å². The first-order chi connectivity index (χ1) is 6.54. The predicted octanol–water partition coefficient (Wildman–Crippen LogP) is 4.75. The zero-order valence-corrected chi connectivity index (χ0v) is 9.12. The third-order valence-corrected chi connectivity index (χ3v) is 2.49. The molecule has 0 fully saturated rings. The summed E-state index contributed by atoms with van der Waals surface area (Å²) in [7, 11) is 0. The Morgan fingerprint density at radius 2 is 1.64 bits per heavy atom. The van der Waals surface area contributed by atoms with E-state index in [4.69, 9.17) is 23.2 Å². The van der Waals surface area contributed by atoms with E-state index in [0.29, 0.717) is 22.0 Å². The van der Waals surface area contributed by atoms with E-state index in [1.807, 2.05) is 0 Å². The standard InChI is InChI=1S/C10H10Cl2F2/c1-2-9(10(13)14)6-3-7(11)5-8(12)4-6/h3-5,9-10H,2H2,1H3/t9-/m1/s1. The number of hydrogen-bond donors (Lipinski definition) is 0. The van der Waals surface area contributed by atoms with E-state index in [0.717, 1.165) is 0 Å². The third-order valence-electron chi connectivity index (χ3n) is 2.06. The van der Waals surface area contributed by atoms with E-state index in [1.165, 1.54) is 18.2 Å². The summed E-state index contributed by atoms with van der Waals surface area (Å²) in [5.41, 5.74) is 0.500. The topological polar surface area (TPSA) is 0 Å². The summed E-state index contributed by atoms with van der Waals surface area (Å²) in [4.78, 5) is 0. The van der Waals surface area contributed by atoms with E-state index >= 15 is 0 Å². The SMILES string of the molecule is CC[C@H](c1cc(Cl)cc(Cl)c1)C(F)F. The van der Waals surface area contributed by atoms with Gasteiger partial charge in [0, 0.05) is 16.0 Å². The smallest absolute Gasteiger partial charge is 0.210 e. The van der Waals surface area contributed by atoms with Gasteiger partial charge in [0.05, 0.1) is 0 Å². The van der Waals surface area contributed by atoms with Crippen molar-refractivity contribution in [3.8, 4) is 0 Å². The Hall–Kier alpha value is -0.340. The minimum absolute atomic E-state index is 0.369. The van der Waals surface area contributed by atoms with E-state index < -0.39 is 12.3 Å². The summed E-state index contributed by atoms with van der Waals surface area (Å²) in [5, 5.41) is 0.790. The molecule has 0 aliphatic heterocycles. The minimum Gasteiger partial charge on any atom is -0.210 e. The fourth-order valence-electron chi connectivity index (χ4n) is 1.35. The second-order valence-corrected chi connectivity index (χ2v) is 3.92. The van der Waals surface area contributed by atoms with Crippen LogP contribution < -0.4 is 0 Å². The summed E-state index contributed by atoms with van der Waals surface area (Å²) < 4.78 is 25.1. The van der Waals surface area contributed by atoms with Gasteiger partial charge in [-0.15, -0.1) is 0 Å². The molecule has 1 rings (SSSR count). The molecule has 0 aromatic heterocycles. The Kier molecular flexibility index (Phi) is 4.14.